The monoisotopic (exact) mass is 276 g/mol. The standard InChI is InChI=1S/C17H18F2O/c18-16-10-5-11-17(19)15(16)12-14(20)9-4-8-13-6-2-1-3-7-13/h1-3,5-7,10-11,14,20H,4,8-9,12H2. The van der Waals surface area contributed by atoms with Gasteiger partial charge in [-0.3, -0.25) is 0 Å². The molecule has 106 valence electrons. The van der Waals surface area contributed by atoms with Gasteiger partial charge in [0.2, 0.25) is 0 Å². The van der Waals surface area contributed by atoms with E-state index in [0.29, 0.717) is 6.42 Å². The Labute approximate surface area is 117 Å². The molecule has 0 bridgehead atoms. The van der Waals surface area contributed by atoms with E-state index in [9.17, 15) is 13.9 Å². The summed E-state index contributed by atoms with van der Waals surface area (Å²) in [6.45, 7) is 0. The SMILES string of the molecule is OC(CCCc1ccccc1)Cc1c(F)cccc1F. The van der Waals surface area contributed by atoms with E-state index in [4.69, 9.17) is 0 Å². The molecule has 0 aliphatic carbocycles. The summed E-state index contributed by atoms with van der Waals surface area (Å²) in [5, 5.41) is 9.90. The first-order chi connectivity index (χ1) is 9.66. The van der Waals surface area contributed by atoms with Crippen molar-refractivity contribution in [3.63, 3.8) is 0 Å². The molecule has 0 radical (unpaired) electrons. The van der Waals surface area contributed by atoms with E-state index in [0.717, 1.165) is 12.8 Å². The predicted molar refractivity (Wildman–Crippen MR) is 75.4 cm³/mol. The van der Waals surface area contributed by atoms with Crippen LogP contribution in [0.5, 0.6) is 0 Å². The highest BCUT2D eigenvalue weighted by atomic mass is 19.1. The van der Waals surface area contributed by atoms with Crippen LogP contribution < -0.4 is 0 Å². The highest BCUT2D eigenvalue weighted by molar-refractivity contribution is 5.20. The number of aliphatic hydroxyl groups is 1. The number of halogens is 2. The summed E-state index contributed by atoms with van der Waals surface area (Å²) in [7, 11) is 0. The number of benzene rings is 2. The van der Waals surface area contributed by atoms with Gasteiger partial charge in [0, 0.05) is 12.0 Å². The molecule has 1 N–H and O–H groups in total. The van der Waals surface area contributed by atoms with Gasteiger partial charge in [0.15, 0.2) is 0 Å². The lowest BCUT2D eigenvalue weighted by molar-refractivity contribution is 0.159. The van der Waals surface area contributed by atoms with Crippen molar-refractivity contribution in [3.8, 4) is 0 Å². The molecular weight excluding hydrogens is 258 g/mol. The topological polar surface area (TPSA) is 20.2 Å². The van der Waals surface area contributed by atoms with Gasteiger partial charge < -0.3 is 5.11 Å². The lowest BCUT2D eigenvalue weighted by atomic mass is 10.0. The third kappa shape index (κ3) is 4.14. The van der Waals surface area contributed by atoms with Crippen LogP contribution in [-0.4, -0.2) is 11.2 Å². The van der Waals surface area contributed by atoms with Gasteiger partial charge in [-0.15, -0.1) is 0 Å². The van der Waals surface area contributed by atoms with Gasteiger partial charge in [0.05, 0.1) is 6.10 Å². The van der Waals surface area contributed by atoms with Crippen LogP contribution in [0, 0.1) is 11.6 Å². The summed E-state index contributed by atoms with van der Waals surface area (Å²) in [4.78, 5) is 0. The summed E-state index contributed by atoms with van der Waals surface area (Å²) in [5.74, 6) is -1.18. The summed E-state index contributed by atoms with van der Waals surface area (Å²) in [6, 6.07) is 13.7. The molecule has 0 fully saturated rings. The molecule has 0 aliphatic heterocycles. The zero-order chi connectivity index (χ0) is 14.4. The molecule has 0 aromatic heterocycles. The highest BCUT2D eigenvalue weighted by Crippen LogP contribution is 2.16. The molecule has 20 heavy (non-hydrogen) atoms. The van der Waals surface area contributed by atoms with Crippen LogP contribution in [0.15, 0.2) is 48.5 Å². The number of hydrogen-bond donors (Lipinski definition) is 1. The maximum absolute atomic E-state index is 13.4. The minimum Gasteiger partial charge on any atom is -0.393 e. The van der Waals surface area contributed by atoms with Crippen LogP contribution in [0.4, 0.5) is 8.78 Å². The second-order valence-electron chi connectivity index (χ2n) is 4.94. The van der Waals surface area contributed by atoms with Gasteiger partial charge in [0.25, 0.3) is 0 Å². The summed E-state index contributed by atoms with van der Waals surface area (Å²) in [6.07, 6.45) is 1.49. The molecule has 1 unspecified atom stereocenters. The summed E-state index contributed by atoms with van der Waals surface area (Å²) in [5.41, 5.74) is 1.18. The molecule has 2 aromatic carbocycles. The average molecular weight is 276 g/mol. The first-order valence-corrected chi connectivity index (χ1v) is 6.81. The van der Waals surface area contributed by atoms with Crippen molar-refractivity contribution >= 4 is 0 Å². The lowest BCUT2D eigenvalue weighted by Gasteiger charge is -2.12. The molecule has 3 heteroatoms. The molecule has 1 atom stereocenters. The van der Waals surface area contributed by atoms with Crippen LogP contribution >= 0.6 is 0 Å². The van der Waals surface area contributed by atoms with Crippen LogP contribution in [-0.2, 0) is 12.8 Å². The van der Waals surface area contributed by atoms with Crippen LogP contribution in [0.25, 0.3) is 0 Å². The Kier molecular flexibility index (Phi) is 5.24. The van der Waals surface area contributed by atoms with E-state index in [1.165, 1.54) is 23.8 Å². The molecule has 0 saturated heterocycles. The van der Waals surface area contributed by atoms with Crippen molar-refractivity contribution in [2.75, 3.05) is 0 Å². The van der Waals surface area contributed by atoms with Crippen LogP contribution in [0.2, 0.25) is 0 Å². The molecule has 2 rings (SSSR count). The van der Waals surface area contributed by atoms with Crippen molar-refractivity contribution in [2.45, 2.75) is 31.8 Å². The van der Waals surface area contributed by atoms with E-state index < -0.39 is 17.7 Å². The predicted octanol–water partition coefficient (Wildman–Crippen LogP) is 3.89. The first-order valence-electron chi connectivity index (χ1n) is 6.81. The van der Waals surface area contributed by atoms with Crippen molar-refractivity contribution < 1.29 is 13.9 Å². The maximum Gasteiger partial charge on any atom is 0.129 e. The quantitative estimate of drug-likeness (QED) is 0.848. The van der Waals surface area contributed by atoms with Crippen molar-refractivity contribution in [1.29, 1.82) is 0 Å². The molecule has 1 nitrogen and oxygen atoms in total. The van der Waals surface area contributed by atoms with Crippen LogP contribution in [0.3, 0.4) is 0 Å². The van der Waals surface area contributed by atoms with E-state index >= 15 is 0 Å². The fourth-order valence-electron chi connectivity index (χ4n) is 2.25. The summed E-state index contributed by atoms with van der Waals surface area (Å²) < 4.78 is 26.9. The minimum absolute atomic E-state index is 0.0211. The normalized spacial score (nSPS) is 12.3. The smallest absolute Gasteiger partial charge is 0.129 e. The molecule has 0 amide bonds. The van der Waals surface area contributed by atoms with E-state index in [-0.39, 0.29) is 12.0 Å². The zero-order valence-electron chi connectivity index (χ0n) is 11.2. The fourth-order valence-corrected chi connectivity index (χ4v) is 2.25. The third-order valence-electron chi connectivity index (χ3n) is 3.35. The first kappa shape index (κ1) is 14.7. The average Bonchev–Trinajstić information content (AvgIpc) is 2.44. The van der Waals surface area contributed by atoms with Gasteiger partial charge >= 0.3 is 0 Å². The number of aryl methyl sites for hydroxylation is 1. The fraction of sp³-hybridized carbons (Fsp3) is 0.294. The molecule has 0 aliphatic rings. The van der Waals surface area contributed by atoms with Gasteiger partial charge in [0.1, 0.15) is 11.6 Å². The van der Waals surface area contributed by atoms with Gasteiger partial charge in [-0.25, -0.2) is 8.78 Å². The van der Waals surface area contributed by atoms with E-state index in [1.54, 1.807) is 0 Å². The van der Waals surface area contributed by atoms with Crippen LogP contribution in [0.1, 0.15) is 24.0 Å². The Morgan fingerprint density at radius 2 is 1.55 bits per heavy atom. The number of aliphatic hydroxyl groups excluding tert-OH is 1. The van der Waals surface area contributed by atoms with Gasteiger partial charge in [-0.05, 0) is 37.0 Å². The molecule has 0 heterocycles. The second kappa shape index (κ2) is 7.15. The molecule has 2 aromatic rings. The Morgan fingerprint density at radius 3 is 2.20 bits per heavy atom. The minimum atomic E-state index is -0.717. The largest absolute Gasteiger partial charge is 0.393 e. The number of hydrogen-bond acceptors (Lipinski definition) is 1. The Morgan fingerprint density at radius 1 is 0.900 bits per heavy atom. The Balaban J connectivity index is 1.82. The molecule has 0 saturated carbocycles. The second-order valence-corrected chi connectivity index (χ2v) is 4.94. The van der Waals surface area contributed by atoms with E-state index in [1.807, 2.05) is 30.3 Å². The zero-order valence-corrected chi connectivity index (χ0v) is 11.2. The Bertz CT molecular complexity index is 520. The number of rotatable bonds is 6. The maximum atomic E-state index is 13.4. The van der Waals surface area contributed by atoms with Gasteiger partial charge in [-0.1, -0.05) is 36.4 Å². The Hall–Kier alpha value is -1.74. The lowest BCUT2D eigenvalue weighted by Crippen LogP contribution is -2.13. The van der Waals surface area contributed by atoms with Gasteiger partial charge in [-0.2, -0.15) is 0 Å². The molecular formula is C17H18F2O. The van der Waals surface area contributed by atoms with E-state index in [2.05, 4.69) is 0 Å². The third-order valence-corrected chi connectivity index (χ3v) is 3.35. The summed E-state index contributed by atoms with van der Waals surface area (Å²) >= 11 is 0. The van der Waals surface area contributed by atoms with Crippen molar-refractivity contribution in [3.05, 3.63) is 71.3 Å². The van der Waals surface area contributed by atoms with Crippen molar-refractivity contribution in [1.82, 2.24) is 0 Å². The van der Waals surface area contributed by atoms with Crippen molar-refractivity contribution in [2.24, 2.45) is 0 Å². The highest BCUT2D eigenvalue weighted by Gasteiger charge is 2.13. The molecule has 0 spiro atoms.